The summed E-state index contributed by atoms with van der Waals surface area (Å²) in [6.07, 6.45) is 7.80. The Labute approximate surface area is 145 Å². The molecule has 3 rings (SSSR count). The van der Waals surface area contributed by atoms with Crippen LogP contribution in [0.1, 0.15) is 33.4 Å². The summed E-state index contributed by atoms with van der Waals surface area (Å²) >= 11 is 0. The molecule has 0 saturated heterocycles. The van der Waals surface area contributed by atoms with Crippen LogP contribution >= 0.6 is 0 Å². The van der Waals surface area contributed by atoms with Crippen molar-refractivity contribution in [1.82, 2.24) is 0 Å². The highest BCUT2D eigenvalue weighted by atomic mass is 15.3. The Morgan fingerprint density at radius 2 is 1.50 bits per heavy atom. The fourth-order valence-electron chi connectivity index (χ4n) is 3.96. The van der Waals surface area contributed by atoms with Crippen LogP contribution in [0.2, 0.25) is 0 Å². The summed E-state index contributed by atoms with van der Waals surface area (Å²) in [6.45, 7) is 12.8. The summed E-state index contributed by atoms with van der Waals surface area (Å²) in [4.78, 5) is 2.35. The summed E-state index contributed by atoms with van der Waals surface area (Å²) in [6, 6.07) is 8.72. The van der Waals surface area contributed by atoms with Gasteiger partial charge in [-0.25, -0.2) is 9.48 Å². The van der Waals surface area contributed by atoms with E-state index in [-0.39, 0.29) is 0 Å². The van der Waals surface area contributed by atoms with E-state index in [9.17, 15) is 0 Å². The Hall–Kier alpha value is -2.53. The lowest BCUT2D eigenvalue weighted by molar-refractivity contribution is -0.425. The van der Waals surface area contributed by atoms with Crippen molar-refractivity contribution in [3.05, 3.63) is 57.6 Å². The molecule has 0 aliphatic carbocycles. The molecule has 0 atom stereocenters. The molecule has 0 spiro atoms. The SMILES string of the molecule is C#Cc1cc(C)c(N2C=[N+](c3c(C)cc(C)cc3C)CC2)c(C)c1. The molecule has 0 N–H and O–H groups in total. The van der Waals surface area contributed by atoms with E-state index in [0.29, 0.717) is 0 Å². The van der Waals surface area contributed by atoms with Gasteiger partial charge in [-0.3, -0.25) is 0 Å². The third-order valence-corrected chi connectivity index (χ3v) is 4.73. The second-order valence-corrected chi connectivity index (χ2v) is 6.85. The monoisotopic (exact) mass is 317 g/mol. The second kappa shape index (κ2) is 6.17. The Kier molecular flexibility index (Phi) is 4.20. The highest BCUT2D eigenvalue weighted by molar-refractivity contribution is 5.82. The average molecular weight is 317 g/mol. The highest BCUT2D eigenvalue weighted by Crippen LogP contribution is 2.30. The van der Waals surface area contributed by atoms with E-state index in [1.165, 1.54) is 39.2 Å². The van der Waals surface area contributed by atoms with Crippen LogP contribution in [-0.2, 0) is 0 Å². The van der Waals surface area contributed by atoms with Crippen molar-refractivity contribution in [2.75, 3.05) is 18.0 Å². The smallest absolute Gasteiger partial charge is 0.229 e. The molecule has 0 radical (unpaired) electrons. The molecule has 0 amide bonds. The van der Waals surface area contributed by atoms with Gasteiger partial charge in [0.05, 0.1) is 0 Å². The quantitative estimate of drug-likeness (QED) is 0.588. The molecule has 0 saturated carbocycles. The first kappa shape index (κ1) is 16.3. The number of hydrogen-bond acceptors (Lipinski definition) is 1. The van der Waals surface area contributed by atoms with Gasteiger partial charge in [-0.1, -0.05) is 23.6 Å². The van der Waals surface area contributed by atoms with E-state index in [1.54, 1.807) is 0 Å². The van der Waals surface area contributed by atoms with Gasteiger partial charge < -0.3 is 0 Å². The first-order valence-electron chi connectivity index (χ1n) is 8.44. The molecule has 0 unspecified atom stereocenters. The third-order valence-electron chi connectivity index (χ3n) is 4.73. The lowest BCUT2D eigenvalue weighted by atomic mass is 10.0. The number of benzene rings is 2. The van der Waals surface area contributed by atoms with Gasteiger partial charge in [0.15, 0.2) is 0 Å². The van der Waals surface area contributed by atoms with Gasteiger partial charge in [-0.05, 0) is 69.0 Å². The van der Waals surface area contributed by atoms with Gasteiger partial charge in [0, 0.05) is 5.56 Å². The first-order valence-corrected chi connectivity index (χ1v) is 8.44. The van der Waals surface area contributed by atoms with Crippen molar-refractivity contribution in [1.29, 1.82) is 0 Å². The van der Waals surface area contributed by atoms with Gasteiger partial charge in [-0.15, -0.1) is 6.42 Å². The molecule has 122 valence electrons. The van der Waals surface area contributed by atoms with Crippen molar-refractivity contribution in [3.8, 4) is 12.3 Å². The molecule has 0 aromatic heterocycles. The minimum absolute atomic E-state index is 0.954. The van der Waals surface area contributed by atoms with Gasteiger partial charge in [0.25, 0.3) is 0 Å². The summed E-state index contributed by atoms with van der Waals surface area (Å²) in [7, 11) is 0. The third kappa shape index (κ3) is 2.83. The number of aryl methyl sites for hydroxylation is 5. The number of rotatable bonds is 2. The maximum atomic E-state index is 5.56. The van der Waals surface area contributed by atoms with Gasteiger partial charge in [0.2, 0.25) is 6.34 Å². The van der Waals surface area contributed by atoms with E-state index in [2.05, 4.69) is 80.6 Å². The standard InChI is InChI=1S/C22H25N2/c1-7-20-12-18(5)22(19(6)13-20)24-9-8-23(14-24)21-16(3)10-15(2)11-17(21)4/h1,10-14H,8-9H2,2-6H3/q+1. The average Bonchev–Trinajstić information content (AvgIpc) is 2.94. The predicted octanol–water partition coefficient (Wildman–Crippen LogP) is 4.40. The molecular formula is C22H25N2+. The van der Waals surface area contributed by atoms with E-state index < -0.39 is 0 Å². The van der Waals surface area contributed by atoms with Crippen LogP contribution < -0.4 is 4.90 Å². The maximum Gasteiger partial charge on any atom is 0.244 e. The van der Waals surface area contributed by atoms with Gasteiger partial charge in [-0.2, -0.15) is 0 Å². The molecule has 2 nitrogen and oxygen atoms in total. The van der Waals surface area contributed by atoms with Crippen molar-refractivity contribution >= 4 is 17.7 Å². The molecule has 1 aliphatic rings. The molecule has 1 aliphatic heterocycles. The summed E-state index contributed by atoms with van der Waals surface area (Å²) < 4.78 is 2.37. The van der Waals surface area contributed by atoms with E-state index >= 15 is 0 Å². The molecule has 0 fully saturated rings. The van der Waals surface area contributed by atoms with Gasteiger partial charge in [0.1, 0.15) is 24.5 Å². The van der Waals surface area contributed by atoms with E-state index in [4.69, 9.17) is 6.42 Å². The lowest BCUT2D eigenvalue weighted by Gasteiger charge is -2.13. The van der Waals surface area contributed by atoms with Crippen LogP contribution in [0, 0.1) is 47.0 Å². The van der Waals surface area contributed by atoms with Crippen LogP contribution in [0.25, 0.3) is 0 Å². The summed E-state index contributed by atoms with van der Waals surface area (Å²) in [5, 5.41) is 0. The fourth-order valence-corrected chi connectivity index (χ4v) is 3.96. The number of hydrogen-bond donors (Lipinski definition) is 0. The summed E-state index contributed by atoms with van der Waals surface area (Å²) in [5.74, 6) is 2.74. The van der Waals surface area contributed by atoms with Crippen LogP contribution in [0.4, 0.5) is 11.4 Å². The Bertz CT molecular complexity index is 835. The minimum Gasteiger partial charge on any atom is -0.229 e. The van der Waals surface area contributed by atoms with Gasteiger partial charge >= 0.3 is 0 Å². The molecular weight excluding hydrogens is 292 g/mol. The predicted molar refractivity (Wildman–Crippen MR) is 103 cm³/mol. The Morgan fingerprint density at radius 3 is 2.04 bits per heavy atom. The Balaban J connectivity index is 2.03. The molecule has 24 heavy (non-hydrogen) atoms. The molecule has 2 aromatic rings. The van der Waals surface area contributed by atoms with E-state index in [1.807, 2.05) is 0 Å². The molecule has 2 aromatic carbocycles. The number of terminal acetylenes is 1. The topological polar surface area (TPSA) is 6.25 Å². The first-order chi connectivity index (χ1) is 11.4. The van der Waals surface area contributed by atoms with Crippen LogP contribution in [-0.4, -0.2) is 24.0 Å². The largest absolute Gasteiger partial charge is 0.244 e. The molecule has 1 heterocycles. The molecule has 2 heteroatoms. The van der Waals surface area contributed by atoms with E-state index in [0.717, 1.165) is 18.7 Å². The zero-order valence-electron chi connectivity index (χ0n) is 15.3. The van der Waals surface area contributed by atoms with Crippen molar-refractivity contribution < 1.29 is 4.58 Å². The van der Waals surface area contributed by atoms with Crippen LogP contribution in [0.5, 0.6) is 0 Å². The summed E-state index contributed by atoms with van der Waals surface area (Å²) in [5.41, 5.74) is 10.0. The Morgan fingerprint density at radius 1 is 0.917 bits per heavy atom. The number of anilines is 1. The fraction of sp³-hybridized carbons (Fsp3) is 0.318. The lowest BCUT2D eigenvalue weighted by Crippen LogP contribution is -2.20. The van der Waals surface area contributed by atoms with Crippen molar-refractivity contribution in [3.63, 3.8) is 0 Å². The highest BCUT2D eigenvalue weighted by Gasteiger charge is 2.27. The molecule has 0 bridgehead atoms. The maximum absolute atomic E-state index is 5.56. The van der Waals surface area contributed by atoms with Crippen molar-refractivity contribution in [2.24, 2.45) is 0 Å². The second-order valence-electron chi connectivity index (χ2n) is 6.85. The minimum atomic E-state index is 0.954. The van der Waals surface area contributed by atoms with Crippen LogP contribution in [0.15, 0.2) is 24.3 Å². The number of nitrogens with zero attached hydrogens (tertiary/aromatic N) is 2. The normalized spacial score (nSPS) is 13.8. The van der Waals surface area contributed by atoms with Crippen molar-refractivity contribution in [2.45, 2.75) is 34.6 Å². The van der Waals surface area contributed by atoms with Crippen LogP contribution in [0.3, 0.4) is 0 Å². The zero-order chi connectivity index (χ0) is 17.4. The zero-order valence-corrected chi connectivity index (χ0v) is 15.3.